The number of carbonyl (C=O) groups is 3. The monoisotopic (exact) mass is 631 g/mol. The van der Waals surface area contributed by atoms with Gasteiger partial charge < -0.3 is 0 Å². The van der Waals surface area contributed by atoms with Crippen molar-refractivity contribution in [2.45, 2.75) is 140 Å². The summed E-state index contributed by atoms with van der Waals surface area (Å²) in [4.78, 5) is 45.7. The lowest BCUT2D eigenvalue weighted by atomic mass is 9.40. The van der Waals surface area contributed by atoms with Gasteiger partial charge in [0.2, 0.25) is 5.91 Å². The average Bonchev–Trinajstić information content (AvgIpc) is 3.48. The van der Waals surface area contributed by atoms with E-state index in [0.29, 0.717) is 12.2 Å². The molecule has 6 heteroatoms. The molecule has 0 radical (unpaired) electrons. The third-order valence-corrected chi connectivity index (χ3v) is 11.8. The summed E-state index contributed by atoms with van der Waals surface area (Å²) in [6.07, 6.45) is 17.9. The largest absolute Gasteiger partial charge is 0.295 e. The molecule has 1 aromatic rings. The molecule has 5 aliphatic carbocycles. The Morgan fingerprint density at radius 3 is 2.15 bits per heavy atom. The Morgan fingerprint density at radius 2 is 1.59 bits per heavy atom. The molecule has 6 nitrogen and oxygen atoms in total. The first-order chi connectivity index (χ1) is 21.9. The van der Waals surface area contributed by atoms with E-state index in [1.807, 2.05) is 39.8 Å². The highest BCUT2D eigenvalue weighted by molar-refractivity contribution is 6.02. The van der Waals surface area contributed by atoms with Crippen LogP contribution in [0.4, 0.5) is 0 Å². The molecule has 0 N–H and O–H groups in total. The van der Waals surface area contributed by atoms with Crippen molar-refractivity contribution in [1.82, 2.24) is 9.55 Å². The third-order valence-electron chi connectivity index (χ3n) is 11.8. The molecule has 8 unspecified atom stereocenters. The molecule has 0 bridgehead atoms. The number of aryl methyl sites for hydroxylation is 1. The summed E-state index contributed by atoms with van der Waals surface area (Å²) >= 11 is 0. The minimum Gasteiger partial charge on any atom is -0.295 e. The topological polar surface area (TPSA) is 92.8 Å². The number of aromatic nitrogens is 2. The number of Topliss-reactive ketones (excluding diaryl/α,β-unsaturated/α-hetero) is 1. The van der Waals surface area contributed by atoms with Crippen LogP contribution in [0.3, 0.4) is 0 Å². The zero-order valence-corrected chi connectivity index (χ0v) is 30.5. The molecule has 0 amide bonds. The number of ketones is 2. The maximum atomic E-state index is 14.2. The van der Waals surface area contributed by atoms with Gasteiger partial charge in [-0.3, -0.25) is 19.0 Å². The molecule has 1 aromatic heterocycles. The van der Waals surface area contributed by atoms with E-state index in [4.69, 9.17) is 0 Å². The van der Waals surface area contributed by atoms with Gasteiger partial charge >= 0.3 is 0 Å². The maximum Gasteiger partial charge on any atom is 0.238 e. The number of allylic oxidation sites excluding steroid dienone is 4. The standard InChI is InChI=1S/C32H39N3O3.2C3H8.C2H6/c1-5-21-22-9-12-30(3)23-10-13-32(29(38)35-15-14-34-19(35)2)11-7-6-8-24(32)27(23)25(36)16-26(30)31(22,4)17-20(18-33)28(21)37;2*1-3-2;1-2/h14-17,21-24,27H,5-13H2,1-4H3;2*3H2,1-2H3;1-2H3. The van der Waals surface area contributed by atoms with E-state index in [1.165, 1.54) is 12.8 Å². The van der Waals surface area contributed by atoms with Crippen molar-refractivity contribution in [3.8, 4) is 6.07 Å². The number of nitrogens with zero attached hydrogens (tertiary/aromatic N) is 3. The van der Waals surface area contributed by atoms with Gasteiger partial charge in [-0.2, -0.15) is 5.26 Å². The number of rotatable bonds is 2. The van der Waals surface area contributed by atoms with E-state index in [2.05, 4.69) is 52.6 Å². The average molecular weight is 632 g/mol. The number of hydrogen-bond donors (Lipinski definition) is 0. The Kier molecular flexibility index (Phi) is 12.6. The minimum atomic E-state index is -0.512. The highest BCUT2D eigenvalue weighted by Gasteiger charge is 2.65. The Morgan fingerprint density at radius 1 is 0.957 bits per heavy atom. The van der Waals surface area contributed by atoms with E-state index in [0.717, 1.165) is 56.9 Å². The smallest absolute Gasteiger partial charge is 0.238 e. The lowest BCUT2D eigenvalue weighted by Gasteiger charge is -2.63. The Balaban J connectivity index is 0.000000659. The van der Waals surface area contributed by atoms with E-state index < -0.39 is 10.8 Å². The number of imidazole rings is 1. The highest BCUT2D eigenvalue weighted by atomic mass is 16.2. The zero-order chi connectivity index (χ0) is 34.4. The Labute approximate surface area is 279 Å². The van der Waals surface area contributed by atoms with Gasteiger partial charge in [-0.15, -0.1) is 0 Å². The second kappa shape index (κ2) is 15.4. The third kappa shape index (κ3) is 6.13. The van der Waals surface area contributed by atoms with E-state index in [1.54, 1.807) is 17.0 Å². The van der Waals surface area contributed by atoms with Crippen molar-refractivity contribution in [3.05, 3.63) is 41.5 Å². The van der Waals surface area contributed by atoms with Crippen LogP contribution in [0.2, 0.25) is 0 Å². The Bertz CT molecular complexity index is 1360. The van der Waals surface area contributed by atoms with Crippen LogP contribution in [-0.2, 0) is 9.59 Å². The van der Waals surface area contributed by atoms with Crippen molar-refractivity contribution in [2.24, 2.45) is 45.8 Å². The van der Waals surface area contributed by atoms with E-state index >= 15 is 0 Å². The molecular weight excluding hydrogens is 570 g/mol. The number of carbonyl (C=O) groups excluding carboxylic acids is 3. The number of fused-ring (bicyclic) bond motifs is 7. The van der Waals surface area contributed by atoms with Crippen LogP contribution in [0, 0.1) is 64.1 Å². The van der Waals surface area contributed by atoms with Crippen molar-refractivity contribution >= 4 is 17.5 Å². The Hall–Kier alpha value is -2.81. The number of nitriles is 1. The van der Waals surface area contributed by atoms with Gasteiger partial charge in [0.1, 0.15) is 11.9 Å². The van der Waals surface area contributed by atoms with E-state index in [-0.39, 0.29) is 58.1 Å². The fourth-order valence-electron chi connectivity index (χ4n) is 10.1. The quantitative estimate of drug-likeness (QED) is 0.324. The van der Waals surface area contributed by atoms with Crippen LogP contribution in [0.15, 0.2) is 35.7 Å². The van der Waals surface area contributed by atoms with Gasteiger partial charge in [0.15, 0.2) is 11.6 Å². The van der Waals surface area contributed by atoms with Crippen LogP contribution in [0.1, 0.15) is 144 Å². The van der Waals surface area contributed by atoms with Crippen molar-refractivity contribution < 1.29 is 14.4 Å². The molecule has 6 rings (SSSR count). The summed E-state index contributed by atoms with van der Waals surface area (Å²) < 4.78 is 1.72. The van der Waals surface area contributed by atoms with Crippen LogP contribution in [-0.4, -0.2) is 27.0 Å². The molecular formula is C40H61N3O3. The zero-order valence-electron chi connectivity index (χ0n) is 30.5. The van der Waals surface area contributed by atoms with Crippen molar-refractivity contribution in [2.75, 3.05) is 0 Å². The predicted octanol–water partition coefficient (Wildman–Crippen LogP) is 9.88. The highest BCUT2D eigenvalue weighted by Crippen LogP contribution is 2.68. The van der Waals surface area contributed by atoms with Crippen LogP contribution in [0.5, 0.6) is 0 Å². The van der Waals surface area contributed by atoms with E-state index in [9.17, 15) is 19.6 Å². The van der Waals surface area contributed by atoms with Gasteiger partial charge in [0.25, 0.3) is 0 Å². The van der Waals surface area contributed by atoms with Gasteiger partial charge in [0.05, 0.1) is 11.0 Å². The van der Waals surface area contributed by atoms with Crippen molar-refractivity contribution in [3.63, 3.8) is 0 Å². The molecule has 0 saturated heterocycles. The SMILES string of the molecule is CC.CCC.CCC.CCC1C(=O)C(C#N)=CC2(C)C3=CC(=O)C4C(CCC5(C(=O)n6ccnc6C)CCCCC45)C3(C)CCC12. The van der Waals surface area contributed by atoms with Crippen molar-refractivity contribution in [1.29, 1.82) is 5.26 Å². The summed E-state index contributed by atoms with van der Waals surface area (Å²) in [5, 5.41) is 9.82. The first-order valence-corrected chi connectivity index (χ1v) is 18.4. The van der Waals surface area contributed by atoms with Gasteiger partial charge in [-0.1, -0.05) is 99.6 Å². The van der Waals surface area contributed by atoms with Crippen LogP contribution >= 0.6 is 0 Å². The lowest BCUT2D eigenvalue weighted by Crippen LogP contribution is -2.60. The molecule has 8 atom stereocenters. The van der Waals surface area contributed by atoms with Gasteiger partial charge in [0, 0.05) is 29.6 Å². The first-order valence-electron chi connectivity index (χ1n) is 18.4. The molecule has 254 valence electrons. The van der Waals surface area contributed by atoms with Gasteiger partial charge in [-0.25, -0.2) is 4.98 Å². The summed E-state index contributed by atoms with van der Waals surface area (Å²) in [5.74, 6) is 0.969. The molecule has 5 aliphatic rings. The second-order valence-corrected chi connectivity index (χ2v) is 14.6. The first kappa shape index (κ1) is 37.6. The van der Waals surface area contributed by atoms with Gasteiger partial charge in [-0.05, 0) is 81.1 Å². The molecule has 3 saturated carbocycles. The summed E-state index contributed by atoms with van der Waals surface area (Å²) in [5.41, 5.74) is 0.217. The molecule has 1 heterocycles. The van der Waals surface area contributed by atoms with Crippen LogP contribution < -0.4 is 0 Å². The second-order valence-electron chi connectivity index (χ2n) is 14.6. The summed E-state index contributed by atoms with van der Waals surface area (Å²) in [6, 6.07) is 2.18. The summed E-state index contributed by atoms with van der Waals surface area (Å²) in [6.45, 7) is 20.9. The maximum absolute atomic E-state index is 14.2. The lowest BCUT2D eigenvalue weighted by molar-refractivity contribution is -0.138. The molecule has 0 aromatic carbocycles. The fourth-order valence-corrected chi connectivity index (χ4v) is 10.1. The number of hydrogen-bond acceptors (Lipinski definition) is 5. The molecule has 0 aliphatic heterocycles. The van der Waals surface area contributed by atoms with Crippen LogP contribution in [0.25, 0.3) is 0 Å². The normalized spacial score (nSPS) is 35.6. The molecule has 3 fully saturated rings. The predicted molar refractivity (Wildman–Crippen MR) is 186 cm³/mol. The minimum absolute atomic E-state index is 0.0281. The fraction of sp³-hybridized carbons (Fsp3) is 0.725. The molecule has 0 spiro atoms. The molecule has 46 heavy (non-hydrogen) atoms. The summed E-state index contributed by atoms with van der Waals surface area (Å²) in [7, 11) is 0.